The number of halogens is 1. The second kappa shape index (κ2) is 9.43. The highest BCUT2D eigenvalue weighted by Crippen LogP contribution is 2.37. The summed E-state index contributed by atoms with van der Waals surface area (Å²) in [4.78, 5) is 17.9. The van der Waals surface area contributed by atoms with Gasteiger partial charge < -0.3 is 0 Å². The summed E-state index contributed by atoms with van der Waals surface area (Å²) in [6.07, 6.45) is 3.45. The molecule has 2 aromatic carbocycles. The molecule has 0 atom stereocenters. The molecule has 0 unspecified atom stereocenters. The number of hydrogen-bond donors (Lipinski definition) is 0. The van der Waals surface area contributed by atoms with Crippen LogP contribution in [0.3, 0.4) is 0 Å². The summed E-state index contributed by atoms with van der Waals surface area (Å²) in [5.41, 5.74) is 1.42. The van der Waals surface area contributed by atoms with E-state index in [-0.39, 0.29) is 16.5 Å². The van der Waals surface area contributed by atoms with E-state index in [9.17, 15) is 13.2 Å². The highest BCUT2D eigenvalue weighted by Gasteiger charge is 2.34. The van der Waals surface area contributed by atoms with E-state index in [1.54, 1.807) is 36.4 Å². The zero-order chi connectivity index (χ0) is 25.3. The van der Waals surface area contributed by atoms with Gasteiger partial charge in [-0.1, -0.05) is 83.5 Å². The fourth-order valence-corrected chi connectivity index (χ4v) is 4.50. The third-order valence-electron chi connectivity index (χ3n) is 5.27. The summed E-state index contributed by atoms with van der Waals surface area (Å²) >= 11 is 5.91. The van der Waals surface area contributed by atoms with Crippen LogP contribution in [0.2, 0.25) is 5.02 Å². The topological polar surface area (TPSA) is 75.9 Å². The largest absolute Gasteiger partial charge is 0.289 e. The molecule has 3 rings (SSSR count). The molecule has 0 N–H and O–H groups in total. The number of ketones is 1. The van der Waals surface area contributed by atoms with Crippen LogP contribution in [0, 0.1) is 10.8 Å². The van der Waals surface area contributed by atoms with Crippen LogP contribution in [-0.2, 0) is 14.8 Å². The number of aliphatic imine (C=N–C) groups is 1. The third kappa shape index (κ3) is 5.99. The van der Waals surface area contributed by atoms with Gasteiger partial charge in [0.1, 0.15) is 0 Å². The van der Waals surface area contributed by atoms with E-state index < -0.39 is 20.9 Å². The minimum atomic E-state index is -4.06. The molecule has 0 spiro atoms. The predicted molar refractivity (Wildman–Crippen MR) is 139 cm³/mol. The number of nitrogens with zero attached hydrogens (tertiary/aromatic N) is 2. The molecule has 0 amide bonds. The maximum atomic E-state index is 13.2. The van der Waals surface area contributed by atoms with Gasteiger partial charge in [-0.2, -0.15) is 8.42 Å². The molecule has 34 heavy (non-hydrogen) atoms. The van der Waals surface area contributed by atoms with Crippen molar-refractivity contribution >= 4 is 39.0 Å². The summed E-state index contributed by atoms with van der Waals surface area (Å²) in [6, 6.07) is 14.7. The molecule has 0 bridgehead atoms. The van der Waals surface area contributed by atoms with Crippen molar-refractivity contribution in [2.45, 2.75) is 46.4 Å². The minimum absolute atomic E-state index is 0.0150. The van der Waals surface area contributed by atoms with Crippen LogP contribution in [0.25, 0.3) is 0 Å². The van der Waals surface area contributed by atoms with Crippen molar-refractivity contribution in [3.63, 3.8) is 0 Å². The van der Waals surface area contributed by atoms with Crippen molar-refractivity contribution in [3.05, 3.63) is 88.5 Å². The molecule has 0 aliphatic heterocycles. The van der Waals surface area contributed by atoms with Gasteiger partial charge >= 0.3 is 0 Å². The van der Waals surface area contributed by atoms with E-state index in [0.717, 1.165) is 0 Å². The first kappa shape index (κ1) is 25.8. The van der Waals surface area contributed by atoms with Gasteiger partial charge in [0.2, 0.25) is 0 Å². The van der Waals surface area contributed by atoms with Crippen molar-refractivity contribution in [2.24, 2.45) is 20.2 Å². The number of amidine groups is 1. The molecule has 7 heteroatoms. The van der Waals surface area contributed by atoms with Crippen molar-refractivity contribution in [2.75, 3.05) is 0 Å². The van der Waals surface area contributed by atoms with Crippen LogP contribution in [0.4, 0.5) is 0 Å². The lowest BCUT2D eigenvalue weighted by molar-refractivity contribution is -0.114. The lowest BCUT2D eigenvalue weighted by Crippen LogP contribution is -2.29. The molecule has 1 aliphatic rings. The van der Waals surface area contributed by atoms with E-state index in [2.05, 4.69) is 9.39 Å². The van der Waals surface area contributed by atoms with Crippen LogP contribution < -0.4 is 0 Å². The van der Waals surface area contributed by atoms with Crippen LogP contribution in [0.15, 0.2) is 92.2 Å². The number of allylic oxidation sites excluding steroid dienone is 4. The summed E-state index contributed by atoms with van der Waals surface area (Å²) in [5.74, 6) is 0.0138. The fraction of sp³-hybridized carbons (Fsp3) is 0.296. The molecule has 0 aromatic heterocycles. The Morgan fingerprint density at radius 1 is 0.794 bits per heavy atom. The smallest absolute Gasteiger partial charge is 0.284 e. The molecular weight excluding hydrogens is 468 g/mol. The van der Waals surface area contributed by atoms with Crippen LogP contribution >= 0.6 is 11.6 Å². The maximum Gasteiger partial charge on any atom is 0.284 e. The number of rotatable bonds is 3. The molecule has 0 saturated heterocycles. The average molecular weight is 497 g/mol. The second-order valence-electron chi connectivity index (χ2n) is 10.2. The van der Waals surface area contributed by atoms with Gasteiger partial charge in [0.15, 0.2) is 11.6 Å². The monoisotopic (exact) mass is 496 g/mol. The van der Waals surface area contributed by atoms with Crippen LogP contribution in [0.1, 0.15) is 47.1 Å². The Morgan fingerprint density at radius 2 is 1.29 bits per heavy atom. The maximum absolute atomic E-state index is 13.2. The Labute approximate surface area is 207 Å². The predicted octanol–water partition coefficient (Wildman–Crippen LogP) is 6.44. The standard InChI is InChI=1S/C27H29ClN2O3S/c1-26(2,3)22-16-20(17-23(24(22)31)27(4,5)6)29-25(18-10-8-7-9-11-18)30-34(32,33)21-14-12-19(28)13-15-21/h7-17H,1-6H3/b30-25+. The van der Waals surface area contributed by atoms with Gasteiger partial charge in [-0.15, -0.1) is 4.40 Å². The fourth-order valence-electron chi connectivity index (χ4n) is 3.41. The minimum Gasteiger partial charge on any atom is -0.289 e. The summed E-state index contributed by atoms with van der Waals surface area (Å²) in [6.45, 7) is 11.8. The Balaban J connectivity index is 2.24. The quantitative estimate of drug-likeness (QED) is 0.278. The van der Waals surface area contributed by atoms with Gasteiger partial charge in [0, 0.05) is 21.7 Å². The van der Waals surface area contributed by atoms with E-state index in [0.29, 0.717) is 27.4 Å². The Bertz CT molecular complexity index is 1280. The molecule has 0 saturated carbocycles. The lowest BCUT2D eigenvalue weighted by atomic mass is 9.72. The molecule has 5 nitrogen and oxygen atoms in total. The van der Waals surface area contributed by atoms with Gasteiger partial charge in [0.25, 0.3) is 10.0 Å². The number of carbonyl (C=O) groups is 1. The molecule has 0 fully saturated rings. The first-order chi connectivity index (χ1) is 15.7. The van der Waals surface area contributed by atoms with E-state index in [4.69, 9.17) is 11.6 Å². The van der Waals surface area contributed by atoms with E-state index >= 15 is 0 Å². The molecule has 178 valence electrons. The van der Waals surface area contributed by atoms with Crippen molar-refractivity contribution < 1.29 is 13.2 Å². The Kier molecular flexibility index (Phi) is 7.15. The van der Waals surface area contributed by atoms with Crippen molar-refractivity contribution in [1.29, 1.82) is 0 Å². The second-order valence-corrected chi connectivity index (χ2v) is 12.2. The first-order valence-electron chi connectivity index (χ1n) is 10.9. The van der Waals surface area contributed by atoms with Gasteiger partial charge in [-0.05, 0) is 47.2 Å². The van der Waals surface area contributed by atoms with E-state index in [1.807, 2.05) is 47.6 Å². The molecule has 1 aliphatic carbocycles. The van der Waals surface area contributed by atoms with Crippen LogP contribution in [-0.4, -0.2) is 25.7 Å². The molecule has 0 radical (unpaired) electrons. The number of benzene rings is 2. The molecule has 2 aromatic rings. The normalized spacial score (nSPS) is 15.7. The highest BCUT2D eigenvalue weighted by atomic mass is 35.5. The SMILES string of the molecule is CC(C)(C)C1=CC(=N/C(=N/S(=O)(=O)c2ccc(Cl)cc2)c2ccccc2)C=C(C(C)(C)C)C1=O. The summed E-state index contributed by atoms with van der Waals surface area (Å²) < 4.78 is 30.2. The highest BCUT2D eigenvalue weighted by molar-refractivity contribution is 7.90. The van der Waals surface area contributed by atoms with Gasteiger partial charge in [0.05, 0.1) is 10.6 Å². The van der Waals surface area contributed by atoms with Crippen molar-refractivity contribution in [1.82, 2.24) is 0 Å². The Morgan fingerprint density at radius 3 is 1.76 bits per heavy atom. The summed E-state index contributed by atoms with van der Waals surface area (Å²) in [5, 5.41) is 0.429. The zero-order valence-corrected chi connectivity index (χ0v) is 21.8. The third-order valence-corrected chi connectivity index (χ3v) is 6.81. The average Bonchev–Trinajstić information content (AvgIpc) is 2.73. The Hall–Kier alpha value is -2.83. The molecular formula is C27H29ClN2O3S. The number of sulfonamides is 1. The van der Waals surface area contributed by atoms with E-state index in [1.165, 1.54) is 24.3 Å². The number of hydrogen-bond acceptors (Lipinski definition) is 3. The first-order valence-corrected chi connectivity index (χ1v) is 12.7. The zero-order valence-electron chi connectivity index (χ0n) is 20.3. The summed E-state index contributed by atoms with van der Waals surface area (Å²) in [7, 11) is -4.06. The van der Waals surface area contributed by atoms with Crippen molar-refractivity contribution in [3.8, 4) is 0 Å². The molecule has 0 heterocycles. The number of Topliss-reactive ketones (excluding diaryl/α,β-unsaturated/α-hetero) is 1. The lowest BCUT2D eigenvalue weighted by Gasteiger charge is -2.31. The van der Waals surface area contributed by atoms with Gasteiger partial charge in [-0.3, -0.25) is 4.79 Å². The van der Waals surface area contributed by atoms with Gasteiger partial charge in [-0.25, -0.2) is 4.99 Å². The van der Waals surface area contributed by atoms with Crippen LogP contribution in [0.5, 0.6) is 0 Å². The number of carbonyl (C=O) groups excluding carboxylic acids is 1.